The van der Waals surface area contributed by atoms with E-state index in [9.17, 15) is 0 Å². The minimum absolute atomic E-state index is 0.153. The molecule has 2 aliphatic heterocycles. The molecular weight excluding hydrogens is 627 g/mol. The molecule has 2 aromatic rings. The van der Waals surface area contributed by atoms with Gasteiger partial charge in [0.25, 0.3) is 0 Å². The van der Waals surface area contributed by atoms with Gasteiger partial charge in [0.15, 0.2) is 0 Å². The Hall–Kier alpha value is -0.313. The summed E-state index contributed by atoms with van der Waals surface area (Å²) in [4.78, 5) is 0. The molecule has 2 atom stereocenters. The van der Waals surface area contributed by atoms with E-state index in [4.69, 9.17) is 17.0 Å². The summed E-state index contributed by atoms with van der Waals surface area (Å²) in [6.45, 7) is 7.04. The van der Waals surface area contributed by atoms with Gasteiger partial charge in [-0.15, -0.1) is 0 Å². The number of benzene rings is 2. The molecule has 0 saturated carbocycles. The number of hydrogen-bond acceptors (Lipinski definition) is 0. The van der Waals surface area contributed by atoms with E-state index in [1.165, 1.54) is 97.0 Å². The normalized spacial score (nSPS) is 27.9. The molecule has 39 heavy (non-hydrogen) atoms. The van der Waals surface area contributed by atoms with E-state index in [1.54, 1.807) is 0 Å². The molecule has 0 nitrogen and oxygen atoms in total. The zero-order valence-electron chi connectivity index (χ0n) is 24.2. The predicted octanol–water partition coefficient (Wildman–Crippen LogP) is 11.0. The zero-order chi connectivity index (χ0) is 27.4. The van der Waals surface area contributed by atoms with Crippen LogP contribution in [0.5, 0.6) is 0 Å². The van der Waals surface area contributed by atoms with Crippen molar-refractivity contribution in [2.24, 2.45) is 0 Å². The number of allylic oxidation sites excluding steroid dienone is 2. The molecule has 0 amide bonds. The predicted molar refractivity (Wildman–Crippen MR) is 177 cm³/mol. The van der Waals surface area contributed by atoms with Gasteiger partial charge < -0.3 is 0 Å². The van der Waals surface area contributed by atoms with Crippen LogP contribution in [-0.2, 0) is 21.4 Å². The Balaban J connectivity index is 1.75. The van der Waals surface area contributed by atoms with Crippen molar-refractivity contribution in [1.82, 2.24) is 0 Å². The monoisotopic (exact) mass is 670 g/mol. The first-order chi connectivity index (χ1) is 18.8. The molecule has 208 valence electrons. The molecule has 0 aromatic heterocycles. The van der Waals surface area contributed by atoms with E-state index >= 15 is 0 Å². The van der Waals surface area contributed by atoms with Gasteiger partial charge in [0.05, 0.1) is 0 Å². The first-order valence-electron chi connectivity index (χ1n) is 15.8. The van der Waals surface area contributed by atoms with E-state index < -0.39 is 32.1 Å². The van der Waals surface area contributed by atoms with E-state index in [2.05, 4.69) is 97.3 Å². The molecule has 0 radical (unpaired) electrons. The Morgan fingerprint density at radius 2 is 1.13 bits per heavy atom. The van der Waals surface area contributed by atoms with Crippen LogP contribution in [-0.4, -0.2) is 19.9 Å². The van der Waals surface area contributed by atoms with Gasteiger partial charge in [-0.25, -0.2) is 0 Å². The van der Waals surface area contributed by atoms with Crippen molar-refractivity contribution in [2.75, 3.05) is 0 Å². The molecule has 2 aliphatic carbocycles. The van der Waals surface area contributed by atoms with Gasteiger partial charge in [0, 0.05) is 0 Å². The number of fused-ring (bicyclic) bond motifs is 2. The van der Waals surface area contributed by atoms with Gasteiger partial charge in [-0.05, 0) is 0 Å². The third kappa shape index (κ3) is 3.47. The number of hydrogen-bond donors (Lipinski definition) is 0. The van der Waals surface area contributed by atoms with Crippen molar-refractivity contribution >= 4 is 49.0 Å². The Labute approximate surface area is 247 Å². The summed E-state index contributed by atoms with van der Waals surface area (Å²) in [7, 11) is 14.2. The van der Waals surface area contributed by atoms with Crippen LogP contribution in [0.1, 0.15) is 81.5 Å². The van der Waals surface area contributed by atoms with Crippen molar-refractivity contribution in [3.05, 3.63) is 82.9 Å². The first-order valence-corrected chi connectivity index (χ1v) is 31.2. The average Bonchev–Trinajstić information content (AvgIpc) is 3.50. The molecule has 4 aliphatic rings. The molecule has 2 unspecified atom stereocenters. The average molecular weight is 673 g/mol. The van der Waals surface area contributed by atoms with Crippen LogP contribution < -0.4 is 0 Å². The van der Waals surface area contributed by atoms with Crippen LogP contribution >= 0.6 is 17.0 Å². The summed E-state index contributed by atoms with van der Waals surface area (Å²) >= 11 is -5.08. The second kappa shape index (κ2) is 10.2. The van der Waals surface area contributed by atoms with Crippen LogP contribution in [0.15, 0.2) is 60.7 Å². The molecule has 2 saturated heterocycles. The van der Waals surface area contributed by atoms with E-state index in [-0.39, 0.29) is 5.49 Å². The number of rotatable bonds is 10. The fourth-order valence-electron chi connectivity index (χ4n) is 10.00. The van der Waals surface area contributed by atoms with Crippen LogP contribution in [0.2, 0.25) is 36.3 Å². The maximum absolute atomic E-state index is 9.00. The molecule has 0 spiro atoms. The zero-order valence-corrected chi connectivity index (χ0v) is 30.2. The molecule has 0 bridgehead atoms. The summed E-state index contributed by atoms with van der Waals surface area (Å²) in [6, 6.07) is 26.8. The third-order valence-electron chi connectivity index (χ3n) is 12.1. The van der Waals surface area contributed by atoms with Crippen LogP contribution in [0, 0.1) is 0 Å². The van der Waals surface area contributed by atoms with Crippen molar-refractivity contribution in [3.8, 4) is 0 Å². The van der Waals surface area contributed by atoms with E-state index in [0.717, 1.165) is 0 Å². The molecule has 2 heterocycles. The van der Waals surface area contributed by atoms with Gasteiger partial charge in [-0.2, -0.15) is 0 Å². The van der Waals surface area contributed by atoms with Crippen molar-refractivity contribution in [2.45, 2.75) is 101 Å². The quantitative estimate of drug-likeness (QED) is 0.220. The summed E-state index contributed by atoms with van der Waals surface area (Å²) in [5.41, 5.74) is 5.80. The SMILES string of the molecule is C[CH]=[Zr]([Cl])([Cl])([C]1([Si]2(CCCC)CCC2)C=Cc2ccccc21)[C]1([Si]2(CCCC)CCC2)C=Cc2ccccc21. The van der Waals surface area contributed by atoms with Gasteiger partial charge in [0.1, 0.15) is 0 Å². The topological polar surface area (TPSA) is 0 Å². The van der Waals surface area contributed by atoms with Crippen LogP contribution in [0.4, 0.5) is 0 Å². The number of halogens is 2. The molecule has 5 heteroatoms. The summed E-state index contributed by atoms with van der Waals surface area (Å²) in [5.74, 6) is 0. The fourth-order valence-corrected chi connectivity index (χ4v) is 74.3. The maximum atomic E-state index is 9.00. The molecule has 2 aromatic carbocycles. The van der Waals surface area contributed by atoms with Crippen LogP contribution in [0.3, 0.4) is 0 Å². The summed E-state index contributed by atoms with van der Waals surface area (Å²) in [6.07, 6.45) is 18.1. The molecule has 6 rings (SSSR count). The third-order valence-corrected chi connectivity index (χ3v) is 63.2. The molecular formula is C34H46Cl2Si2Zr. The Bertz CT molecular complexity index is 1300. The van der Waals surface area contributed by atoms with Crippen LogP contribution in [0.25, 0.3) is 12.2 Å². The second-order valence-electron chi connectivity index (χ2n) is 13.3. The standard InChI is InChI=1S/2C16H21Si.C2H4.2ClH.Zr/c2*1-2-3-11-17(12-6-13-17)16-10-9-14-7-4-5-8-15(14)16;1-2;;;/h2*4-5,7-10H,2-3,6,11-13H2,1H3;1H,2H3;2*1H;/q;;;;;+2/p-2. The second-order valence-corrected chi connectivity index (χ2v) is 46.5. The fraction of sp³-hybridized carbons (Fsp3) is 0.500. The Morgan fingerprint density at radius 3 is 1.46 bits per heavy atom. The molecule has 2 fully saturated rings. The van der Waals surface area contributed by atoms with E-state index in [0.29, 0.717) is 0 Å². The summed E-state index contributed by atoms with van der Waals surface area (Å²) in [5, 5.41) is 0. The van der Waals surface area contributed by atoms with Gasteiger partial charge in [-0.3, -0.25) is 0 Å². The summed E-state index contributed by atoms with van der Waals surface area (Å²) < 4.78 is 2.24. The van der Waals surface area contributed by atoms with Crippen molar-refractivity contribution in [1.29, 1.82) is 0 Å². The first kappa shape index (κ1) is 28.8. The Kier molecular flexibility index (Phi) is 7.49. The molecule has 0 N–H and O–H groups in total. The van der Waals surface area contributed by atoms with E-state index in [1.807, 2.05) is 0 Å². The number of unbranched alkanes of at least 4 members (excludes halogenated alkanes) is 2. The van der Waals surface area contributed by atoms with Gasteiger partial charge in [0.2, 0.25) is 0 Å². The van der Waals surface area contributed by atoms with Crippen molar-refractivity contribution in [3.63, 3.8) is 0 Å². The van der Waals surface area contributed by atoms with Crippen molar-refractivity contribution < 1.29 is 15.9 Å². The minimum atomic E-state index is -5.08. The van der Waals surface area contributed by atoms with Gasteiger partial charge >= 0.3 is 249 Å². The Morgan fingerprint density at radius 1 is 0.718 bits per heavy atom. The van der Waals surface area contributed by atoms with Gasteiger partial charge in [-0.1, -0.05) is 0 Å².